The molecule has 0 bridgehead atoms. The predicted molar refractivity (Wildman–Crippen MR) is 58.1 cm³/mol. The van der Waals surface area contributed by atoms with Gasteiger partial charge in [0.2, 0.25) is 0 Å². The first-order valence-corrected chi connectivity index (χ1v) is 5.38. The highest BCUT2D eigenvalue weighted by Crippen LogP contribution is 2.55. The molecule has 2 nitrogen and oxygen atoms in total. The molecule has 1 aliphatic rings. The van der Waals surface area contributed by atoms with Gasteiger partial charge in [0.15, 0.2) is 5.79 Å². The second-order valence-electron chi connectivity index (χ2n) is 5.71. The Kier molecular flexibility index (Phi) is 2.75. The lowest BCUT2D eigenvalue weighted by Gasteiger charge is -2.58. The summed E-state index contributed by atoms with van der Waals surface area (Å²) in [6, 6.07) is 0. The first kappa shape index (κ1) is 12.0. The topological polar surface area (TPSA) is 18.5 Å². The highest BCUT2D eigenvalue weighted by Gasteiger charge is 2.57. The van der Waals surface area contributed by atoms with E-state index in [1.165, 1.54) is 0 Å². The summed E-state index contributed by atoms with van der Waals surface area (Å²) in [6.07, 6.45) is 0. The van der Waals surface area contributed by atoms with Gasteiger partial charge >= 0.3 is 0 Å². The first-order valence-electron chi connectivity index (χ1n) is 5.38. The zero-order chi connectivity index (χ0) is 11.2. The minimum atomic E-state index is -0.469. The van der Waals surface area contributed by atoms with E-state index in [1.54, 1.807) is 7.11 Å². The Hall–Kier alpha value is -0.0800. The minimum Gasteiger partial charge on any atom is -0.353 e. The summed E-state index contributed by atoms with van der Waals surface area (Å²) < 4.78 is 11.4. The highest BCUT2D eigenvalue weighted by molar-refractivity contribution is 5.00. The van der Waals surface area contributed by atoms with Crippen LogP contribution in [0.1, 0.15) is 41.5 Å². The SMILES string of the molecule is COC1(C)OCC(C)C(C)(C)C1(C)C. The molecular formula is C12H24O2. The smallest absolute Gasteiger partial charge is 0.170 e. The zero-order valence-electron chi connectivity index (χ0n) is 10.6. The predicted octanol–water partition coefficient (Wildman–Crippen LogP) is 3.07. The molecular weight excluding hydrogens is 176 g/mol. The average molecular weight is 200 g/mol. The molecule has 0 radical (unpaired) electrons. The van der Waals surface area contributed by atoms with Gasteiger partial charge < -0.3 is 9.47 Å². The Balaban J connectivity index is 3.09. The van der Waals surface area contributed by atoms with Crippen LogP contribution in [0.25, 0.3) is 0 Å². The van der Waals surface area contributed by atoms with Crippen molar-refractivity contribution in [1.29, 1.82) is 0 Å². The van der Waals surface area contributed by atoms with Crippen molar-refractivity contribution in [2.45, 2.75) is 47.3 Å². The van der Waals surface area contributed by atoms with E-state index >= 15 is 0 Å². The molecule has 14 heavy (non-hydrogen) atoms. The second-order valence-corrected chi connectivity index (χ2v) is 5.71. The van der Waals surface area contributed by atoms with Gasteiger partial charge in [0.05, 0.1) is 6.61 Å². The Morgan fingerprint density at radius 1 is 1.14 bits per heavy atom. The van der Waals surface area contributed by atoms with Crippen LogP contribution in [0, 0.1) is 16.7 Å². The van der Waals surface area contributed by atoms with Crippen LogP contribution in [0.15, 0.2) is 0 Å². The van der Waals surface area contributed by atoms with Gasteiger partial charge in [0, 0.05) is 12.5 Å². The van der Waals surface area contributed by atoms with Crippen molar-refractivity contribution in [2.75, 3.05) is 13.7 Å². The molecule has 1 rings (SSSR count). The maximum absolute atomic E-state index is 5.86. The van der Waals surface area contributed by atoms with E-state index < -0.39 is 5.79 Å². The van der Waals surface area contributed by atoms with Gasteiger partial charge in [-0.25, -0.2) is 0 Å². The van der Waals surface area contributed by atoms with Gasteiger partial charge in [-0.3, -0.25) is 0 Å². The molecule has 1 aliphatic heterocycles. The van der Waals surface area contributed by atoms with Crippen molar-refractivity contribution < 1.29 is 9.47 Å². The maximum atomic E-state index is 5.86. The molecule has 0 aromatic heterocycles. The second kappa shape index (κ2) is 3.21. The van der Waals surface area contributed by atoms with Crippen LogP contribution in [0.5, 0.6) is 0 Å². The minimum absolute atomic E-state index is 0.00637. The summed E-state index contributed by atoms with van der Waals surface area (Å²) in [5.41, 5.74) is 0.225. The lowest BCUT2D eigenvalue weighted by Crippen LogP contribution is -2.60. The van der Waals surface area contributed by atoms with E-state index in [4.69, 9.17) is 9.47 Å². The van der Waals surface area contributed by atoms with Crippen LogP contribution in [0.3, 0.4) is 0 Å². The Morgan fingerprint density at radius 2 is 1.64 bits per heavy atom. The summed E-state index contributed by atoms with van der Waals surface area (Å²) in [5, 5.41) is 0. The van der Waals surface area contributed by atoms with Crippen LogP contribution in [0.2, 0.25) is 0 Å². The van der Waals surface area contributed by atoms with Gasteiger partial charge in [0.25, 0.3) is 0 Å². The van der Waals surface area contributed by atoms with Crippen molar-refractivity contribution in [3.05, 3.63) is 0 Å². The fourth-order valence-electron chi connectivity index (χ4n) is 2.19. The van der Waals surface area contributed by atoms with Crippen LogP contribution in [-0.4, -0.2) is 19.5 Å². The zero-order valence-corrected chi connectivity index (χ0v) is 10.6. The summed E-state index contributed by atoms with van der Waals surface area (Å²) in [5.74, 6) is 0.0870. The van der Waals surface area contributed by atoms with E-state index in [2.05, 4.69) is 34.6 Å². The Labute approximate surface area is 88.0 Å². The van der Waals surface area contributed by atoms with Gasteiger partial charge in [-0.1, -0.05) is 34.6 Å². The maximum Gasteiger partial charge on any atom is 0.170 e. The number of methoxy groups -OCH3 is 1. The molecule has 2 atom stereocenters. The van der Waals surface area contributed by atoms with Crippen molar-refractivity contribution >= 4 is 0 Å². The number of hydrogen-bond donors (Lipinski definition) is 0. The number of rotatable bonds is 1. The summed E-state index contributed by atoms with van der Waals surface area (Å²) in [4.78, 5) is 0. The Bertz CT molecular complexity index is 214. The van der Waals surface area contributed by atoms with E-state index in [0.717, 1.165) is 6.61 Å². The highest BCUT2D eigenvalue weighted by atomic mass is 16.7. The van der Waals surface area contributed by atoms with Crippen molar-refractivity contribution in [3.8, 4) is 0 Å². The summed E-state index contributed by atoms with van der Waals surface area (Å²) >= 11 is 0. The third kappa shape index (κ3) is 1.31. The van der Waals surface area contributed by atoms with Crippen LogP contribution in [0.4, 0.5) is 0 Å². The fourth-order valence-corrected chi connectivity index (χ4v) is 2.19. The number of hydrogen-bond acceptors (Lipinski definition) is 2. The molecule has 1 heterocycles. The van der Waals surface area contributed by atoms with Gasteiger partial charge in [-0.05, 0) is 18.3 Å². The monoisotopic (exact) mass is 200 g/mol. The van der Waals surface area contributed by atoms with Crippen LogP contribution in [-0.2, 0) is 9.47 Å². The van der Waals surface area contributed by atoms with Crippen LogP contribution >= 0.6 is 0 Å². The standard InChI is InChI=1S/C12H24O2/c1-9-8-14-12(6,13-7)11(4,5)10(9,2)3/h9H,8H2,1-7H3. The summed E-state index contributed by atoms with van der Waals surface area (Å²) in [7, 11) is 1.73. The average Bonchev–Trinajstić information content (AvgIpc) is 2.10. The van der Waals surface area contributed by atoms with Crippen LogP contribution < -0.4 is 0 Å². The molecule has 0 N–H and O–H groups in total. The lowest BCUT2D eigenvalue weighted by atomic mass is 9.56. The number of ether oxygens (including phenoxy) is 2. The molecule has 0 aromatic carbocycles. The van der Waals surface area contributed by atoms with E-state index in [9.17, 15) is 0 Å². The van der Waals surface area contributed by atoms with Crippen molar-refractivity contribution in [2.24, 2.45) is 16.7 Å². The molecule has 0 saturated carbocycles. The molecule has 0 aromatic rings. The fraction of sp³-hybridized carbons (Fsp3) is 1.00. The van der Waals surface area contributed by atoms with Gasteiger partial charge in [0.1, 0.15) is 0 Å². The molecule has 1 fully saturated rings. The third-order valence-corrected chi connectivity index (χ3v) is 4.98. The van der Waals surface area contributed by atoms with Crippen molar-refractivity contribution in [1.82, 2.24) is 0 Å². The lowest BCUT2D eigenvalue weighted by molar-refractivity contribution is -0.336. The normalized spacial score (nSPS) is 40.9. The third-order valence-electron chi connectivity index (χ3n) is 4.98. The molecule has 2 unspecified atom stereocenters. The summed E-state index contributed by atoms with van der Waals surface area (Å²) in [6.45, 7) is 14.1. The largest absolute Gasteiger partial charge is 0.353 e. The molecule has 0 amide bonds. The molecule has 0 aliphatic carbocycles. The van der Waals surface area contributed by atoms with E-state index in [0.29, 0.717) is 5.92 Å². The molecule has 84 valence electrons. The molecule has 2 heteroatoms. The van der Waals surface area contributed by atoms with E-state index in [1.807, 2.05) is 6.92 Å². The van der Waals surface area contributed by atoms with Crippen molar-refractivity contribution in [3.63, 3.8) is 0 Å². The molecule has 1 saturated heterocycles. The van der Waals surface area contributed by atoms with Gasteiger partial charge in [-0.15, -0.1) is 0 Å². The van der Waals surface area contributed by atoms with Gasteiger partial charge in [-0.2, -0.15) is 0 Å². The quantitative estimate of drug-likeness (QED) is 0.647. The molecule has 0 spiro atoms. The Morgan fingerprint density at radius 3 is 2.07 bits per heavy atom. The first-order chi connectivity index (χ1) is 6.19. The van der Waals surface area contributed by atoms with E-state index in [-0.39, 0.29) is 10.8 Å².